The number of carbonyl (C=O) groups excluding carboxylic acids is 2. The second-order valence-electron chi connectivity index (χ2n) is 7.62. The Kier molecular flexibility index (Phi) is 6.49. The van der Waals surface area contributed by atoms with Crippen molar-refractivity contribution in [2.24, 2.45) is 0 Å². The molecule has 1 atom stereocenters. The molecule has 1 N–H and O–H groups in total. The van der Waals surface area contributed by atoms with Gasteiger partial charge in [0.1, 0.15) is 5.25 Å². The Bertz CT molecular complexity index is 1430. The number of aromatic nitrogens is 1. The van der Waals surface area contributed by atoms with Crippen molar-refractivity contribution >= 4 is 37.4 Å². The van der Waals surface area contributed by atoms with Crippen LogP contribution >= 0.6 is 0 Å². The van der Waals surface area contributed by atoms with Crippen LogP contribution in [0.2, 0.25) is 0 Å². The van der Waals surface area contributed by atoms with E-state index < -0.39 is 36.9 Å². The van der Waals surface area contributed by atoms with Gasteiger partial charge in [-0.3, -0.25) is 14.6 Å². The molecule has 3 aromatic rings. The maximum Gasteiger partial charge on any atom is 0.251 e. The Morgan fingerprint density at radius 1 is 1.06 bits per heavy atom. The number of hydrogen-bond acceptors (Lipinski definition) is 7. The zero-order valence-electron chi connectivity index (χ0n) is 17.9. The molecule has 2 heterocycles. The van der Waals surface area contributed by atoms with E-state index in [0.29, 0.717) is 9.87 Å². The topological polar surface area (TPSA) is 131 Å². The highest BCUT2D eigenvalue weighted by Crippen LogP contribution is 2.29. The molecule has 11 heteroatoms. The van der Waals surface area contributed by atoms with Crippen molar-refractivity contribution in [2.45, 2.75) is 16.6 Å². The molecule has 1 aliphatic rings. The Hall–Kier alpha value is -3.57. The lowest BCUT2D eigenvalue weighted by Crippen LogP contribution is -2.32. The van der Waals surface area contributed by atoms with Crippen molar-refractivity contribution < 1.29 is 26.4 Å². The number of anilines is 1. The van der Waals surface area contributed by atoms with E-state index >= 15 is 0 Å². The van der Waals surface area contributed by atoms with Crippen LogP contribution in [0.25, 0.3) is 0 Å². The predicted molar refractivity (Wildman–Crippen MR) is 125 cm³/mol. The summed E-state index contributed by atoms with van der Waals surface area (Å²) >= 11 is 0. The number of pyridine rings is 1. The number of sulfone groups is 1. The van der Waals surface area contributed by atoms with Gasteiger partial charge in [-0.1, -0.05) is 30.3 Å². The van der Waals surface area contributed by atoms with Crippen LogP contribution in [0.5, 0.6) is 0 Å². The zero-order valence-corrected chi connectivity index (χ0v) is 19.5. The molecule has 2 amide bonds. The fourth-order valence-electron chi connectivity index (χ4n) is 3.68. The second kappa shape index (κ2) is 9.35. The van der Waals surface area contributed by atoms with Gasteiger partial charge in [-0.15, -0.1) is 0 Å². The summed E-state index contributed by atoms with van der Waals surface area (Å²) in [7, 11) is -7.64. The first-order valence-electron chi connectivity index (χ1n) is 10.3. The third kappa shape index (κ3) is 4.70. The summed E-state index contributed by atoms with van der Waals surface area (Å²) in [6.45, 7) is -0.243. The highest BCUT2D eigenvalue weighted by Gasteiger charge is 2.36. The lowest BCUT2D eigenvalue weighted by molar-refractivity contribution is -0.116. The lowest BCUT2D eigenvalue weighted by Gasteiger charge is -2.19. The van der Waals surface area contributed by atoms with Gasteiger partial charge in [0.15, 0.2) is 9.84 Å². The molecule has 0 bridgehead atoms. The first-order valence-corrected chi connectivity index (χ1v) is 13.5. The van der Waals surface area contributed by atoms with Gasteiger partial charge in [-0.2, -0.15) is 0 Å². The molecule has 9 nitrogen and oxygen atoms in total. The summed E-state index contributed by atoms with van der Waals surface area (Å²) in [5, 5.41) is 1.52. The van der Waals surface area contributed by atoms with E-state index in [1.165, 1.54) is 48.8 Å². The molecular weight excluding hydrogens is 478 g/mol. The van der Waals surface area contributed by atoms with E-state index in [1.807, 2.05) is 0 Å². The summed E-state index contributed by atoms with van der Waals surface area (Å²) in [6.07, 6.45) is 2.83. The van der Waals surface area contributed by atoms with Crippen LogP contribution in [0, 0.1) is 0 Å². The van der Waals surface area contributed by atoms with E-state index in [-0.39, 0.29) is 34.9 Å². The van der Waals surface area contributed by atoms with Gasteiger partial charge in [-0.25, -0.2) is 21.1 Å². The third-order valence-corrected chi connectivity index (χ3v) is 9.18. The number of sulfonamides is 1. The second-order valence-corrected chi connectivity index (χ2v) is 11.7. The molecule has 0 radical (unpaired) electrons. The highest BCUT2D eigenvalue weighted by atomic mass is 32.2. The van der Waals surface area contributed by atoms with E-state index in [1.54, 1.807) is 30.3 Å². The number of nitrogens with zero attached hydrogens (tertiary/aromatic N) is 2. The fourth-order valence-corrected chi connectivity index (χ4v) is 6.79. The normalized spacial score (nSPS) is 16.2. The van der Waals surface area contributed by atoms with Gasteiger partial charge >= 0.3 is 0 Å². The third-order valence-electron chi connectivity index (χ3n) is 5.37. The van der Waals surface area contributed by atoms with Crippen LogP contribution in [0.4, 0.5) is 5.69 Å². The Balaban J connectivity index is 1.59. The summed E-state index contributed by atoms with van der Waals surface area (Å²) in [4.78, 5) is 29.1. The quantitative estimate of drug-likeness (QED) is 0.527. The van der Waals surface area contributed by atoms with Crippen molar-refractivity contribution in [1.29, 1.82) is 0 Å². The minimum atomic E-state index is -3.86. The predicted octanol–water partition coefficient (Wildman–Crippen LogP) is 2.09. The van der Waals surface area contributed by atoms with Crippen LogP contribution in [0.1, 0.15) is 27.6 Å². The molecule has 0 unspecified atom stereocenters. The smallest absolute Gasteiger partial charge is 0.251 e. The van der Waals surface area contributed by atoms with Crippen molar-refractivity contribution in [3.05, 3.63) is 90.3 Å². The van der Waals surface area contributed by atoms with Gasteiger partial charge in [0, 0.05) is 30.9 Å². The number of benzene rings is 2. The van der Waals surface area contributed by atoms with E-state index in [4.69, 9.17) is 0 Å². The number of rotatable bonds is 7. The van der Waals surface area contributed by atoms with Crippen molar-refractivity contribution in [3.63, 3.8) is 0 Å². The summed E-state index contributed by atoms with van der Waals surface area (Å²) in [6, 6.07) is 16.8. The molecule has 0 aliphatic carbocycles. The number of hydrogen-bond donors (Lipinski definition) is 1. The lowest BCUT2D eigenvalue weighted by atomic mass is 10.1. The van der Waals surface area contributed by atoms with Crippen LogP contribution in [0.15, 0.2) is 84.0 Å². The molecule has 34 heavy (non-hydrogen) atoms. The molecule has 1 saturated heterocycles. The van der Waals surface area contributed by atoms with Gasteiger partial charge in [0.2, 0.25) is 15.9 Å². The molecule has 176 valence electrons. The molecule has 1 aromatic heterocycles. The maximum atomic E-state index is 13.3. The maximum absolute atomic E-state index is 13.3. The molecule has 0 saturated carbocycles. The SMILES string of the molecule is O=C(NC[C@@H](c1cccnc1)S(=O)(=O)c1ccccc1)c1cccc(N2C(=O)CCS2(=O)=O)c1. The van der Waals surface area contributed by atoms with Gasteiger partial charge < -0.3 is 5.32 Å². The van der Waals surface area contributed by atoms with Crippen molar-refractivity contribution in [3.8, 4) is 0 Å². The first kappa shape index (κ1) is 23.6. The van der Waals surface area contributed by atoms with Crippen LogP contribution in [-0.2, 0) is 24.7 Å². The van der Waals surface area contributed by atoms with Crippen molar-refractivity contribution in [2.75, 3.05) is 16.6 Å². The Morgan fingerprint density at radius 3 is 2.47 bits per heavy atom. The standard InChI is InChI=1S/C23H21N3O6S2/c27-22-11-13-33(29,30)26(22)19-8-4-6-17(14-19)23(28)25-16-21(18-7-5-12-24-15-18)34(31,32)20-9-2-1-3-10-20/h1-10,12,14-15,21H,11,13,16H2,(H,25,28)/t21-/m0/s1. The number of amides is 2. The number of carbonyl (C=O) groups is 2. The Labute approximate surface area is 197 Å². The minimum Gasteiger partial charge on any atom is -0.350 e. The molecule has 1 aliphatic heterocycles. The molecule has 0 spiro atoms. The average Bonchev–Trinajstić information content (AvgIpc) is 3.12. The van der Waals surface area contributed by atoms with Crippen LogP contribution in [-0.4, -0.2) is 45.9 Å². The summed E-state index contributed by atoms with van der Waals surface area (Å²) in [5.74, 6) is -1.46. The monoisotopic (exact) mass is 499 g/mol. The van der Waals surface area contributed by atoms with E-state index in [2.05, 4.69) is 10.3 Å². The fraction of sp³-hybridized carbons (Fsp3) is 0.174. The Morgan fingerprint density at radius 2 is 1.82 bits per heavy atom. The van der Waals surface area contributed by atoms with Gasteiger partial charge in [-0.05, 0) is 42.0 Å². The molecule has 4 rings (SSSR count). The van der Waals surface area contributed by atoms with Crippen molar-refractivity contribution in [1.82, 2.24) is 10.3 Å². The van der Waals surface area contributed by atoms with Gasteiger partial charge in [0.25, 0.3) is 5.91 Å². The first-order chi connectivity index (χ1) is 16.2. The van der Waals surface area contributed by atoms with E-state index in [9.17, 15) is 26.4 Å². The summed E-state index contributed by atoms with van der Waals surface area (Å²) < 4.78 is 51.8. The largest absolute Gasteiger partial charge is 0.350 e. The average molecular weight is 500 g/mol. The molecule has 1 fully saturated rings. The summed E-state index contributed by atoms with van der Waals surface area (Å²) in [5.41, 5.74) is 0.569. The van der Waals surface area contributed by atoms with E-state index in [0.717, 1.165) is 0 Å². The van der Waals surface area contributed by atoms with Crippen LogP contribution < -0.4 is 9.62 Å². The minimum absolute atomic E-state index is 0.0656. The van der Waals surface area contributed by atoms with Crippen LogP contribution in [0.3, 0.4) is 0 Å². The highest BCUT2D eigenvalue weighted by molar-refractivity contribution is 7.94. The van der Waals surface area contributed by atoms with Gasteiger partial charge in [0.05, 0.1) is 16.3 Å². The molecule has 2 aromatic carbocycles. The number of nitrogens with one attached hydrogen (secondary N) is 1. The molecular formula is C23H21N3O6S2. The zero-order chi connectivity index (χ0) is 24.3.